The number of alkyl halides is 2. The quantitative estimate of drug-likeness (QED) is 0.753. The number of imide groups is 1. The van der Waals surface area contributed by atoms with Crippen LogP contribution in [0.4, 0.5) is 14.5 Å². The number of carbonyl (C=O) groups excluding carboxylic acids is 2. The highest BCUT2D eigenvalue weighted by Gasteiger charge is 2.40. The third-order valence-electron chi connectivity index (χ3n) is 3.68. The molecule has 0 bridgehead atoms. The summed E-state index contributed by atoms with van der Waals surface area (Å²) in [6.07, 6.45) is 1.27. The van der Waals surface area contributed by atoms with E-state index >= 15 is 0 Å². The second kappa shape index (κ2) is 7.70. The van der Waals surface area contributed by atoms with Crippen molar-refractivity contribution >= 4 is 35.2 Å². The van der Waals surface area contributed by atoms with Gasteiger partial charge in [-0.3, -0.25) is 9.59 Å². The van der Waals surface area contributed by atoms with Crippen molar-refractivity contribution in [2.24, 2.45) is 0 Å². The average Bonchev–Trinajstić information content (AvgIpc) is 2.89. The molecule has 0 spiro atoms. The van der Waals surface area contributed by atoms with E-state index in [9.17, 15) is 28.3 Å². The third kappa shape index (κ3) is 4.05. The summed E-state index contributed by atoms with van der Waals surface area (Å²) < 4.78 is 28.6. The molecular weight excluding hydrogens is 382 g/mol. The van der Waals surface area contributed by atoms with Gasteiger partial charge >= 0.3 is 12.6 Å². The molecule has 140 valence electrons. The van der Waals surface area contributed by atoms with Crippen LogP contribution in [0.25, 0.3) is 0 Å². The van der Waals surface area contributed by atoms with E-state index in [0.29, 0.717) is 0 Å². The SMILES string of the molecule is O=C(O)c1cccnc1S[C@@H]1CC(=O)N(c2ccc(OC(F)F)cc2)C1=O. The summed E-state index contributed by atoms with van der Waals surface area (Å²) in [5, 5.41) is 8.50. The van der Waals surface area contributed by atoms with Crippen LogP contribution >= 0.6 is 11.8 Å². The minimum absolute atomic E-state index is 0.0605. The highest BCUT2D eigenvalue weighted by molar-refractivity contribution is 8.00. The summed E-state index contributed by atoms with van der Waals surface area (Å²) in [4.78, 5) is 41.1. The molecule has 1 aliphatic rings. The van der Waals surface area contributed by atoms with E-state index in [1.807, 2.05) is 0 Å². The summed E-state index contributed by atoms with van der Waals surface area (Å²) in [5.41, 5.74) is 0.156. The number of rotatable bonds is 6. The first kappa shape index (κ1) is 18.8. The Balaban J connectivity index is 1.78. The Morgan fingerprint density at radius 3 is 2.59 bits per heavy atom. The minimum atomic E-state index is -2.98. The molecule has 3 rings (SSSR count). The first-order valence-corrected chi connectivity index (χ1v) is 8.51. The molecule has 1 atom stereocenters. The van der Waals surface area contributed by atoms with Crippen molar-refractivity contribution < 1.29 is 33.0 Å². The lowest BCUT2D eigenvalue weighted by atomic mass is 10.3. The highest BCUT2D eigenvalue weighted by Crippen LogP contribution is 2.35. The third-order valence-corrected chi connectivity index (χ3v) is 4.88. The van der Waals surface area contributed by atoms with Crippen LogP contribution in [0.1, 0.15) is 16.8 Å². The number of anilines is 1. The van der Waals surface area contributed by atoms with Gasteiger partial charge in [0, 0.05) is 12.6 Å². The second-order valence-electron chi connectivity index (χ2n) is 5.41. The van der Waals surface area contributed by atoms with Gasteiger partial charge in [0.05, 0.1) is 16.5 Å². The van der Waals surface area contributed by atoms with E-state index in [1.54, 1.807) is 0 Å². The standard InChI is InChI=1S/C17H12F2N2O5S/c18-17(19)26-10-5-3-9(4-6-10)21-13(22)8-12(15(21)23)27-14-11(16(24)25)2-1-7-20-14/h1-7,12,17H,8H2,(H,24,25)/t12-/m1/s1. The lowest BCUT2D eigenvalue weighted by Gasteiger charge is -2.15. The lowest BCUT2D eigenvalue weighted by Crippen LogP contribution is -2.31. The first-order chi connectivity index (χ1) is 12.9. The molecule has 1 N–H and O–H groups in total. The summed E-state index contributed by atoms with van der Waals surface area (Å²) in [6, 6.07) is 7.92. The maximum atomic E-state index is 12.6. The molecule has 0 saturated carbocycles. The number of carboxylic acid groups (broad SMARTS) is 1. The van der Waals surface area contributed by atoms with Crippen molar-refractivity contribution in [1.29, 1.82) is 0 Å². The zero-order chi connectivity index (χ0) is 19.6. The summed E-state index contributed by atoms with van der Waals surface area (Å²) in [7, 11) is 0. The fraction of sp³-hybridized carbons (Fsp3) is 0.176. The molecule has 10 heteroatoms. The highest BCUT2D eigenvalue weighted by atomic mass is 32.2. The van der Waals surface area contributed by atoms with Gasteiger partial charge in [-0.05, 0) is 36.4 Å². The molecule has 1 aromatic carbocycles. The number of aromatic nitrogens is 1. The van der Waals surface area contributed by atoms with Crippen LogP contribution < -0.4 is 9.64 Å². The Labute approximate surface area is 155 Å². The molecular formula is C17H12F2N2O5S. The van der Waals surface area contributed by atoms with Gasteiger partial charge in [0.25, 0.3) is 0 Å². The molecule has 2 aromatic rings. The molecule has 1 aromatic heterocycles. The zero-order valence-electron chi connectivity index (χ0n) is 13.5. The Morgan fingerprint density at radius 2 is 1.96 bits per heavy atom. The van der Waals surface area contributed by atoms with E-state index in [2.05, 4.69) is 9.72 Å². The number of pyridine rings is 1. The fourth-order valence-corrected chi connectivity index (χ4v) is 3.63. The predicted octanol–water partition coefficient (Wildman–Crippen LogP) is 2.81. The number of ether oxygens (including phenoxy) is 1. The normalized spacial score (nSPS) is 16.9. The van der Waals surface area contributed by atoms with E-state index in [1.165, 1.54) is 42.6 Å². The molecule has 1 saturated heterocycles. The molecule has 0 aliphatic carbocycles. The van der Waals surface area contributed by atoms with E-state index in [4.69, 9.17) is 0 Å². The van der Waals surface area contributed by atoms with E-state index in [0.717, 1.165) is 16.7 Å². The van der Waals surface area contributed by atoms with E-state index in [-0.39, 0.29) is 28.4 Å². The van der Waals surface area contributed by atoms with Crippen LogP contribution in [0.5, 0.6) is 5.75 Å². The van der Waals surface area contributed by atoms with Gasteiger partial charge in [0.15, 0.2) is 0 Å². The molecule has 2 heterocycles. The van der Waals surface area contributed by atoms with Crippen LogP contribution in [0.3, 0.4) is 0 Å². The lowest BCUT2D eigenvalue weighted by molar-refractivity contribution is -0.121. The van der Waals surface area contributed by atoms with Crippen LogP contribution in [0, 0.1) is 0 Å². The Hall–Kier alpha value is -3.01. The van der Waals surface area contributed by atoms with Gasteiger partial charge < -0.3 is 9.84 Å². The summed E-state index contributed by atoms with van der Waals surface area (Å²) in [5.74, 6) is -2.30. The van der Waals surface area contributed by atoms with Gasteiger partial charge in [-0.1, -0.05) is 11.8 Å². The van der Waals surface area contributed by atoms with Gasteiger partial charge in [-0.2, -0.15) is 8.78 Å². The van der Waals surface area contributed by atoms with Crippen molar-refractivity contribution in [2.75, 3.05) is 4.90 Å². The molecule has 2 amide bonds. The van der Waals surface area contributed by atoms with Gasteiger partial charge in [0.2, 0.25) is 11.8 Å². The van der Waals surface area contributed by atoms with Crippen LogP contribution in [0.15, 0.2) is 47.6 Å². The molecule has 0 unspecified atom stereocenters. The summed E-state index contributed by atoms with van der Waals surface area (Å²) >= 11 is 0.900. The Morgan fingerprint density at radius 1 is 1.26 bits per heavy atom. The second-order valence-corrected chi connectivity index (χ2v) is 6.60. The van der Waals surface area contributed by atoms with Gasteiger partial charge in [-0.25, -0.2) is 14.7 Å². The van der Waals surface area contributed by atoms with Crippen LogP contribution in [0.2, 0.25) is 0 Å². The topological polar surface area (TPSA) is 96.8 Å². The van der Waals surface area contributed by atoms with Crippen LogP contribution in [-0.4, -0.2) is 39.7 Å². The predicted molar refractivity (Wildman–Crippen MR) is 91.0 cm³/mol. The number of carboxylic acids is 1. The number of hydrogen-bond donors (Lipinski definition) is 1. The summed E-state index contributed by atoms with van der Waals surface area (Å²) in [6.45, 7) is -2.98. The number of halogens is 2. The molecule has 0 radical (unpaired) electrons. The number of benzene rings is 1. The van der Waals surface area contributed by atoms with Crippen molar-refractivity contribution in [2.45, 2.75) is 23.3 Å². The molecule has 27 heavy (non-hydrogen) atoms. The zero-order valence-corrected chi connectivity index (χ0v) is 14.4. The number of thioether (sulfide) groups is 1. The molecule has 7 nitrogen and oxygen atoms in total. The van der Waals surface area contributed by atoms with E-state index < -0.39 is 29.6 Å². The molecule has 1 fully saturated rings. The fourth-order valence-electron chi connectivity index (χ4n) is 2.53. The number of carbonyl (C=O) groups is 3. The maximum Gasteiger partial charge on any atom is 0.387 e. The monoisotopic (exact) mass is 394 g/mol. The smallest absolute Gasteiger partial charge is 0.387 e. The number of nitrogens with zero attached hydrogens (tertiary/aromatic N) is 2. The maximum absolute atomic E-state index is 12.6. The van der Waals surface area contributed by atoms with Gasteiger partial charge in [0.1, 0.15) is 10.8 Å². The van der Waals surface area contributed by atoms with Crippen molar-refractivity contribution in [3.63, 3.8) is 0 Å². The number of amides is 2. The van der Waals surface area contributed by atoms with Crippen molar-refractivity contribution in [1.82, 2.24) is 4.98 Å². The molecule has 1 aliphatic heterocycles. The Bertz CT molecular complexity index is 891. The first-order valence-electron chi connectivity index (χ1n) is 7.63. The van der Waals surface area contributed by atoms with Crippen LogP contribution in [-0.2, 0) is 9.59 Å². The minimum Gasteiger partial charge on any atom is -0.478 e. The van der Waals surface area contributed by atoms with Crippen molar-refractivity contribution in [3.05, 3.63) is 48.2 Å². The number of aromatic carboxylic acids is 1. The van der Waals surface area contributed by atoms with Gasteiger partial charge in [-0.15, -0.1) is 0 Å². The van der Waals surface area contributed by atoms with Crippen molar-refractivity contribution in [3.8, 4) is 5.75 Å². The largest absolute Gasteiger partial charge is 0.478 e. The Kier molecular flexibility index (Phi) is 5.36. The average molecular weight is 394 g/mol. The number of hydrogen-bond acceptors (Lipinski definition) is 6.